The molecule has 0 unspecified atom stereocenters. The number of anilines is 2. The summed E-state index contributed by atoms with van der Waals surface area (Å²) in [7, 11) is 0. The number of para-hydroxylation sites is 1. The first-order valence-corrected chi connectivity index (χ1v) is 9.44. The molecule has 4 rings (SSSR count). The zero-order valence-corrected chi connectivity index (χ0v) is 16.6. The first-order valence-electron chi connectivity index (χ1n) is 9.06. The average molecular weight is 436 g/mol. The number of nitrogens with one attached hydrogen (secondary N) is 2. The van der Waals surface area contributed by atoms with Crippen molar-refractivity contribution in [2.45, 2.75) is 0 Å². The second-order valence-electron chi connectivity index (χ2n) is 6.56. The minimum atomic E-state index is -0.654. The molecule has 8 nitrogen and oxygen atoms in total. The molecule has 0 fully saturated rings. The van der Waals surface area contributed by atoms with Crippen LogP contribution in [0.15, 0.2) is 77.2 Å². The van der Waals surface area contributed by atoms with Gasteiger partial charge in [0.05, 0.1) is 4.92 Å². The number of furan rings is 1. The highest BCUT2D eigenvalue weighted by molar-refractivity contribution is 6.32. The number of halogens is 1. The zero-order valence-electron chi connectivity index (χ0n) is 15.8. The number of hydrogen-bond acceptors (Lipinski definition) is 5. The van der Waals surface area contributed by atoms with Gasteiger partial charge in [0.25, 0.3) is 17.5 Å². The van der Waals surface area contributed by atoms with Crippen molar-refractivity contribution < 1.29 is 18.9 Å². The molecule has 2 N–H and O–H groups in total. The number of hydrogen-bond donors (Lipinski definition) is 2. The average Bonchev–Trinajstić information content (AvgIpc) is 3.20. The van der Waals surface area contributed by atoms with E-state index in [9.17, 15) is 19.7 Å². The molecule has 0 saturated carbocycles. The molecule has 0 atom stereocenters. The van der Waals surface area contributed by atoms with E-state index in [2.05, 4.69) is 10.6 Å². The quantitative estimate of drug-likeness (QED) is 0.317. The Bertz CT molecular complexity index is 1280. The van der Waals surface area contributed by atoms with Crippen molar-refractivity contribution in [1.82, 2.24) is 0 Å². The fraction of sp³-hybridized carbons (Fsp3) is 0. The second-order valence-corrected chi connectivity index (χ2v) is 6.96. The molecular formula is C22H14ClN3O5. The van der Waals surface area contributed by atoms with E-state index in [1.54, 1.807) is 36.4 Å². The lowest BCUT2D eigenvalue weighted by Crippen LogP contribution is -2.13. The molecular weight excluding hydrogens is 422 g/mol. The van der Waals surface area contributed by atoms with Gasteiger partial charge in [-0.25, -0.2) is 0 Å². The minimum Gasteiger partial charge on any atom is -0.451 e. The molecule has 0 saturated heterocycles. The van der Waals surface area contributed by atoms with Crippen LogP contribution in [0.25, 0.3) is 11.0 Å². The molecule has 154 valence electrons. The number of fused-ring (bicyclic) bond motifs is 1. The fourth-order valence-corrected chi connectivity index (χ4v) is 3.11. The van der Waals surface area contributed by atoms with Gasteiger partial charge in [0.15, 0.2) is 5.76 Å². The molecule has 0 radical (unpaired) electrons. The van der Waals surface area contributed by atoms with Crippen LogP contribution in [0, 0.1) is 10.1 Å². The number of amides is 2. The number of rotatable bonds is 5. The van der Waals surface area contributed by atoms with Crippen LogP contribution in [-0.2, 0) is 0 Å². The maximum Gasteiger partial charge on any atom is 0.291 e. The zero-order chi connectivity index (χ0) is 22.0. The van der Waals surface area contributed by atoms with E-state index < -0.39 is 16.7 Å². The Hall–Kier alpha value is -4.17. The topological polar surface area (TPSA) is 114 Å². The molecule has 2 amide bonds. The smallest absolute Gasteiger partial charge is 0.291 e. The van der Waals surface area contributed by atoms with Gasteiger partial charge in [0, 0.05) is 28.4 Å². The number of nitro benzene ring substituents is 1. The van der Waals surface area contributed by atoms with Crippen LogP contribution in [0.2, 0.25) is 5.02 Å². The van der Waals surface area contributed by atoms with Crippen molar-refractivity contribution in [1.29, 1.82) is 0 Å². The number of nitro groups is 1. The molecule has 0 aliphatic heterocycles. The SMILES string of the molecule is O=C(Nc1ccc(NC(=O)c2cc3ccccc3o2)cc1)c1ccc(Cl)c([N+](=O)[O-])c1. The van der Waals surface area contributed by atoms with Crippen molar-refractivity contribution in [3.8, 4) is 0 Å². The highest BCUT2D eigenvalue weighted by atomic mass is 35.5. The van der Waals surface area contributed by atoms with Crippen LogP contribution in [0.1, 0.15) is 20.9 Å². The monoisotopic (exact) mass is 435 g/mol. The number of benzene rings is 3. The second kappa shape index (κ2) is 8.29. The predicted molar refractivity (Wildman–Crippen MR) is 117 cm³/mol. The number of nitrogens with zero attached hydrogens (tertiary/aromatic N) is 1. The van der Waals surface area contributed by atoms with Crippen molar-refractivity contribution in [3.63, 3.8) is 0 Å². The lowest BCUT2D eigenvalue weighted by molar-refractivity contribution is -0.384. The largest absolute Gasteiger partial charge is 0.451 e. The van der Waals surface area contributed by atoms with Gasteiger partial charge in [-0.1, -0.05) is 29.8 Å². The van der Waals surface area contributed by atoms with Crippen LogP contribution in [0.3, 0.4) is 0 Å². The summed E-state index contributed by atoms with van der Waals surface area (Å²) in [6.07, 6.45) is 0. The summed E-state index contributed by atoms with van der Waals surface area (Å²) in [6, 6.07) is 19.2. The number of carbonyl (C=O) groups excluding carboxylic acids is 2. The van der Waals surface area contributed by atoms with E-state index in [-0.39, 0.29) is 22.0 Å². The molecule has 31 heavy (non-hydrogen) atoms. The lowest BCUT2D eigenvalue weighted by Gasteiger charge is -2.08. The van der Waals surface area contributed by atoms with Crippen molar-refractivity contribution in [3.05, 3.63) is 99.3 Å². The van der Waals surface area contributed by atoms with Gasteiger partial charge < -0.3 is 15.1 Å². The van der Waals surface area contributed by atoms with Gasteiger partial charge in [0.2, 0.25) is 0 Å². The molecule has 0 aliphatic rings. The van der Waals surface area contributed by atoms with Crippen LogP contribution >= 0.6 is 11.6 Å². The Labute approximate surface area is 180 Å². The highest BCUT2D eigenvalue weighted by Crippen LogP contribution is 2.26. The van der Waals surface area contributed by atoms with Crippen LogP contribution in [0.5, 0.6) is 0 Å². The van der Waals surface area contributed by atoms with Gasteiger partial charge in [-0.3, -0.25) is 19.7 Å². The van der Waals surface area contributed by atoms with Gasteiger partial charge in [-0.05, 0) is 48.5 Å². The van der Waals surface area contributed by atoms with Gasteiger partial charge in [-0.15, -0.1) is 0 Å². The van der Waals surface area contributed by atoms with Gasteiger partial charge >= 0.3 is 0 Å². The molecule has 0 spiro atoms. The van der Waals surface area contributed by atoms with Gasteiger partial charge in [-0.2, -0.15) is 0 Å². The van der Waals surface area contributed by atoms with Crippen molar-refractivity contribution >= 4 is 51.4 Å². The third-order valence-corrected chi connectivity index (χ3v) is 4.77. The molecule has 0 bridgehead atoms. The van der Waals surface area contributed by atoms with Crippen molar-refractivity contribution in [2.75, 3.05) is 10.6 Å². The van der Waals surface area contributed by atoms with Crippen molar-refractivity contribution in [2.24, 2.45) is 0 Å². The van der Waals surface area contributed by atoms with E-state index >= 15 is 0 Å². The van der Waals surface area contributed by atoms with E-state index in [0.29, 0.717) is 17.0 Å². The van der Waals surface area contributed by atoms with E-state index in [1.807, 2.05) is 18.2 Å². The summed E-state index contributed by atoms with van der Waals surface area (Å²) < 4.78 is 5.54. The lowest BCUT2D eigenvalue weighted by atomic mass is 10.2. The summed E-state index contributed by atoms with van der Waals surface area (Å²) in [5.41, 5.74) is 1.32. The minimum absolute atomic E-state index is 0.0499. The Kier molecular flexibility index (Phi) is 5.38. The summed E-state index contributed by atoms with van der Waals surface area (Å²) in [5, 5.41) is 17.1. The predicted octanol–water partition coefficient (Wildman–Crippen LogP) is 5.50. The molecule has 0 aliphatic carbocycles. The standard InChI is InChI=1S/C22H14ClN3O5/c23-17-10-5-14(11-18(17)26(29)30)21(27)24-15-6-8-16(9-7-15)25-22(28)20-12-13-3-1-2-4-19(13)31-20/h1-12H,(H,24,27)(H,25,28). The van der Waals surface area contributed by atoms with E-state index in [0.717, 1.165) is 11.5 Å². The Balaban J connectivity index is 1.43. The molecule has 1 aromatic heterocycles. The Morgan fingerprint density at radius 1 is 0.871 bits per heavy atom. The van der Waals surface area contributed by atoms with Crippen LogP contribution < -0.4 is 10.6 Å². The maximum atomic E-state index is 12.4. The Morgan fingerprint density at radius 2 is 1.52 bits per heavy atom. The summed E-state index contributed by atoms with van der Waals surface area (Å²) >= 11 is 5.77. The highest BCUT2D eigenvalue weighted by Gasteiger charge is 2.17. The number of carbonyl (C=O) groups is 2. The summed E-state index contributed by atoms with van der Waals surface area (Å²) in [4.78, 5) is 35.1. The fourth-order valence-electron chi connectivity index (χ4n) is 2.92. The summed E-state index contributed by atoms with van der Waals surface area (Å²) in [5.74, 6) is -0.747. The third-order valence-electron chi connectivity index (χ3n) is 4.45. The van der Waals surface area contributed by atoms with E-state index in [4.69, 9.17) is 16.0 Å². The van der Waals surface area contributed by atoms with Crippen LogP contribution in [0.4, 0.5) is 17.1 Å². The summed E-state index contributed by atoms with van der Waals surface area (Å²) in [6.45, 7) is 0. The Morgan fingerprint density at radius 3 is 2.16 bits per heavy atom. The first kappa shape index (κ1) is 20.1. The van der Waals surface area contributed by atoms with E-state index in [1.165, 1.54) is 12.1 Å². The molecule has 9 heteroatoms. The maximum absolute atomic E-state index is 12.4. The third kappa shape index (κ3) is 4.39. The molecule has 3 aromatic carbocycles. The molecule has 1 heterocycles. The van der Waals surface area contributed by atoms with Crippen LogP contribution in [-0.4, -0.2) is 16.7 Å². The molecule has 4 aromatic rings. The first-order chi connectivity index (χ1) is 14.9. The normalized spacial score (nSPS) is 10.6. The van der Waals surface area contributed by atoms with Gasteiger partial charge in [0.1, 0.15) is 10.6 Å².